The summed E-state index contributed by atoms with van der Waals surface area (Å²) in [6, 6.07) is 0. The van der Waals surface area contributed by atoms with Crippen LogP contribution in [0, 0.1) is 0 Å². The Balaban J connectivity index is 0.000001000. The van der Waals surface area contributed by atoms with Gasteiger partial charge in [0, 0.05) is 12.4 Å². The van der Waals surface area contributed by atoms with Crippen molar-refractivity contribution in [2.24, 2.45) is 5.73 Å². The molecule has 0 saturated heterocycles. The Morgan fingerprint density at radius 2 is 2.00 bits per heavy atom. The molecule has 0 aliphatic carbocycles. The molecule has 0 radical (unpaired) electrons. The molecule has 1 rings (SSSR count). The van der Waals surface area contributed by atoms with E-state index in [-0.39, 0.29) is 35.3 Å². The van der Waals surface area contributed by atoms with Crippen molar-refractivity contribution in [3.8, 4) is 5.88 Å². The van der Waals surface area contributed by atoms with Crippen molar-refractivity contribution >= 4 is 35.5 Å². The molecule has 0 saturated carbocycles. The second-order valence-corrected chi connectivity index (χ2v) is 1.59. The molecule has 54 valence electrons. The predicted molar refractivity (Wildman–Crippen MR) is 39.4 cm³/mol. The van der Waals surface area contributed by atoms with E-state index < -0.39 is 11.8 Å². The molecule has 0 atom stereocenters. The minimum absolute atomic E-state index is 0. The van der Waals surface area contributed by atoms with Gasteiger partial charge in [0.05, 0.1) is 0 Å². The van der Waals surface area contributed by atoms with Gasteiger partial charge in [0.2, 0.25) is 5.88 Å². The SMILES string of the molecule is NC(=O)c1nccnc1O.[NaH]. The topological polar surface area (TPSA) is 89.1 Å². The molecule has 0 fully saturated rings. The van der Waals surface area contributed by atoms with E-state index in [1.807, 2.05) is 0 Å². The normalized spacial score (nSPS) is 8.36. The average molecular weight is 163 g/mol. The van der Waals surface area contributed by atoms with Gasteiger partial charge in [-0.1, -0.05) is 0 Å². The number of hydrogen-bond donors (Lipinski definition) is 2. The first kappa shape index (κ1) is 10.3. The van der Waals surface area contributed by atoms with E-state index in [0.717, 1.165) is 0 Å². The number of rotatable bonds is 1. The first-order chi connectivity index (χ1) is 4.72. The number of aromatic hydroxyl groups is 1. The van der Waals surface area contributed by atoms with Gasteiger partial charge in [-0.15, -0.1) is 0 Å². The van der Waals surface area contributed by atoms with Crippen molar-refractivity contribution in [3.05, 3.63) is 18.1 Å². The molecule has 3 N–H and O–H groups in total. The number of nitrogens with two attached hydrogens (primary N) is 1. The van der Waals surface area contributed by atoms with Gasteiger partial charge in [0.1, 0.15) is 0 Å². The van der Waals surface area contributed by atoms with Gasteiger partial charge in [0.25, 0.3) is 5.91 Å². The van der Waals surface area contributed by atoms with E-state index in [0.29, 0.717) is 0 Å². The number of carbonyl (C=O) groups is 1. The van der Waals surface area contributed by atoms with Crippen LogP contribution >= 0.6 is 0 Å². The molecule has 0 aliphatic heterocycles. The zero-order chi connectivity index (χ0) is 7.56. The average Bonchev–Trinajstić information content (AvgIpc) is 1.88. The molecule has 0 bridgehead atoms. The summed E-state index contributed by atoms with van der Waals surface area (Å²) in [6.45, 7) is 0. The Bertz CT molecular complexity index is 266. The van der Waals surface area contributed by atoms with Gasteiger partial charge >= 0.3 is 29.6 Å². The molecular weight excluding hydrogens is 157 g/mol. The van der Waals surface area contributed by atoms with Crippen LogP contribution in [0.3, 0.4) is 0 Å². The number of nitrogens with zero attached hydrogens (tertiary/aromatic N) is 2. The van der Waals surface area contributed by atoms with E-state index >= 15 is 0 Å². The molecule has 6 heteroatoms. The Hall–Kier alpha value is -0.650. The number of amides is 1. The molecule has 1 heterocycles. The van der Waals surface area contributed by atoms with Crippen LogP contribution in [0.2, 0.25) is 0 Å². The summed E-state index contributed by atoms with van der Waals surface area (Å²) in [5.74, 6) is -1.22. The summed E-state index contributed by atoms with van der Waals surface area (Å²) in [4.78, 5) is 17.3. The first-order valence-electron chi connectivity index (χ1n) is 2.51. The third kappa shape index (κ3) is 2.45. The molecule has 1 aromatic rings. The summed E-state index contributed by atoms with van der Waals surface area (Å²) in [5, 5.41) is 8.81. The summed E-state index contributed by atoms with van der Waals surface area (Å²) in [6.07, 6.45) is 2.54. The summed E-state index contributed by atoms with van der Waals surface area (Å²) in [5.41, 5.74) is 4.61. The molecule has 0 unspecified atom stereocenters. The van der Waals surface area contributed by atoms with Gasteiger partial charge in [0.15, 0.2) is 5.69 Å². The van der Waals surface area contributed by atoms with Crippen LogP contribution in [0.25, 0.3) is 0 Å². The molecule has 1 aromatic heterocycles. The molecular formula is C5H6N3NaO2. The standard InChI is InChI=1S/C5H5N3O2.Na.H/c6-4(9)3-5(10)8-2-1-7-3;;/h1-2H,(H2,6,9)(H,8,10);;. The first-order valence-corrected chi connectivity index (χ1v) is 2.51. The Kier molecular flexibility index (Phi) is 4.02. The summed E-state index contributed by atoms with van der Waals surface area (Å²) >= 11 is 0. The van der Waals surface area contributed by atoms with E-state index in [1.54, 1.807) is 0 Å². The Labute approximate surface area is 84.9 Å². The van der Waals surface area contributed by atoms with Gasteiger partial charge in [-0.25, -0.2) is 9.97 Å². The number of carbonyl (C=O) groups excluding carboxylic acids is 1. The second-order valence-electron chi connectivity index (χ2n) is 1.59. The van der Waals surface area contributed by atoms with Crippen molar-refractivity contribution in [2.75, 3.05) is 0 Å². The Morgan fingerprint density at radius 3 is 2.36 bits per heavy atom. The summed E-state index contributed by atoms with van der Waals surface area (Å²) in [7, 11) is 0. The van der Waals surface area contributed by atoms with Crippen LogP contribution in [0.5, 0.6) is 5.88 Å². The third-order valence-electron chi connectivity index (χ3n) is 0.912. The van der Waals surface area contributed by atoms with Crippen molar-refractivity contribution < 1.29 is 9.90 Å². The Morgan fingerprint density at radius 1 is 1.45 bits per heavy atom. The van der Waals surface area contributed by atoms with Crippen molar-refractivity contribution in [1.29, 1.82) is 0 Å². The maximum absolute atomic E-state index is 10.4. The molecule has 0 aliphatic rings. The number of hydrogen-bond acceptors (Lipinski definition) is 4. The fourth-order valence-electron chi connectivity index (χ4n) is 0.504. The fourth-order valence-corrected chi connectivity index (χ4v) is 0.504. The minimum atomic E-state index is -0.786. The van der Waals surface area contributed by atoms with Crippen LogP contribution in [-0.4, -0.2) is 50.5 Å². The van der Waals surface area contributed by atoms with Crippen molar-refractivity contribution in [2.45, 2.75) is 0 Å². The van der Waals surface area contributed by atoms with Gasteiger partial charge < -0.3 is 10.8 Å². The zero-order valence-corrected chi connectivity index (χ0v) is 4.98. The van der Waals surface area contributed by atoms with E-state index in [1.165, 1.54) is 12.4 Å². The maximum atomic E-state index is 10.4. The van der Waals surface area contributed by atoms with Gasteiger partial charge in [-0.05, 0) is 0 Å². The predicted octanol–water partition coefficient (Wildman–Crippen LogP) is -1.37. The number of aromatic nitrogens is 2. The van der Waals surface area contributed by atoms with E-state index in [4.69, 9.17) is 10.8 Å². The zero-order valence-electron chi connectivity index (χ0n) is 4.98. The van der Waals surface area contributed by atoms with E-state index in [9.17, 15) is 4.79 Å². The second kappa shape index (κ2) is 4.27. The van der Waals surface area contributed by atoms with Crippen LogP contribution in [-0.2, 0) is 0 Å². The van der Waals surface area contributed by atoms with Crippen LogP contribution in [0.1, 0.15) is 10.5 Å². The molecule has 0 spiro atoms. The molecule has 1 amide bonds. The van der Waals surface area contributed by atoms with Gasteiger partial charge in [-0.2, -0.15) is 0 Å². The fraction of sp³-hybridized carbons (Fsp3) is 0. The molecule has 5 nitrogen and oxygen atoms in total. The van der Waals surface area contributed by atoms with Gasteiger partial charge in [-0.3, -0.25) is 4.79 Å². The van der Waals surface area contributed by atoms with Crippen molar-refractivity contribution in [1.82, 2.24) is 9.97 Å². The van der Waals surface area contributed by atoms with Crippen LogP contribution < -0.4 is 5.73 Å². The molecule has 0 aromatic carbocycles. The monoisotopic (exact) mass is 163 g/mol. The van der Waals surface area contributed by atoms with Crippen LogP contribution in [0.4, 0.5) is 0 Å². The third-order valence-corrected chi connectivity index (χ3v) is 0.912. The quantitative estimate of drug-likeness (QED) is 0.500. The number of primary amides is 1. The molecule has 11 heavy (non-hydrogen) atoms. The summed E-state index contributed by atoms with van der Waals surface area (Å²) < 4.78 is 0. The van der Waals surface area contributed by atoms with E-state index in [2.05, 4.69) is 9.97 Å². The van der Waals surface area contributed by atoms with Crippen molar-refractivity contribution in [3.63, 3.8) is 0 Å². The van der Waals surface area contributed by atoms with Crippen LogP contribution in [0.15, 0.2) is 12.4 Å².